The van der Waals surface area contributed by atoms with E-state index in [1.54, 1.807) is 18.3 Å². The molecule has 0 aliphatic rings. The zero-order chi connectivity index (χ0) is 28.8. The maximum Gasteiger partial charge on any atom is 0.282 e. The number of aromatic nitrogens is 2. The monoisotopic (exact) mass is 601 g/mol. The molecule has 0 N–H and O–H groups in total. The van der Waals surface area contributed by atoms with Crippen LogP contribution in [0.3, 0.4) is 0 Å². The van der Waals surface area contributed by atoms with Crippen LogP contribution in [0.1, 0.15) is 50.3 Å². The number of nitrogens with zero attached hydrogens (tertiary/aromatic N) is 3. The smallest absolute Gasteiger partial charge is 0.282 e. The summed E-state index contributed by atoms with van der Waals surface area (Å²) >= 11 is 3.55. The highest BCUT2D eigenvalue weighted by molar-refractivity contribution is 9.10. The Kier molecular flexibility index (Phi) is 9.28. The van der Waals surface area contributed by atoms with Gasteiger partial charge in [0.15, 0.2) is 17.3 Å². The Balaban J connectivity index is 1.92. The van der Waals surface area contributed by atoms with E-state index in [-0.39, 0.29) is 18.1 Å². The summed E-state index contributed by atoms with van der Waals surface area (Å²) in [5.41, 5.74) is 3.80. The van der Waals surface area contributed by atoms with Gasteiger partial charge in [-0.15, -0.1) is 6.42 Å². The molecule has 8 heteroatoms. The molecule has 4 aromatic rings. The van der Waals surface area contributed by atoms with Crippen LogP contribution in [0.5, 0.6) is 17.2 Å². The fourth-order valence-corrected chi connectivity index (χ4v) is 4.95. The number of benzene rings is 3. The van der Waals surface area contributed by atoms with Crippen LogP contribution in [0.15, 0.2) is 62.9 Å². The van der Waals surface area contributed by atoms with Crippen molar-refractivity contribution in [3.8, 4) is 41.0 Å². The Hall–Kier alpha value is -4.09. The molecule has 0 radical (unpaired) electrons. The Labute approximate surface area is 242 Å². The van der Waals surface area contributed by atoms with Crippen LogP contribution in [0, 0.1) is 19.3 Å². The van der Waals surface area contributed by atoms with Crippen LogP contribution in [0.4, 0.5) is 0 Å². The Morgan fingerprint density at radius 3 is 2.50 bits per heavy atom. The summed E-state index contributed by atoms with van der Waals surface area (Å²) in [6.07, 6.45) is 6.97. The molecule has 0 aliphatic heterocycles. The molecule has 0 bridgehead atoms. The number of hydrogen-bond donors (Lipinski definition) is 0. The summed E-state index contributed by atoms with van der Waals surface area (Å²) in [6.45, 7) is 11.2. The van der Waals surface area contributed by atoms with Crippen LogP contribution < -0.4 is 19.8 Å². The quantitative estimate of drug-likeness (QED) is 0.145. The Morgan fingerprint density at radius 2 is 1.80 bits per heavy atom. The lowest BCUT2D eigenvalue weighted by Crippen LogP contribution is -2.21. The van der Waals surface area contributed by atoms with Gasteiger partial charge in [0.25, 0.3) is 5.56 Å². The van der Waals surface area contributed by atoms with Crippen LogP contribution >= 0.6 is 15.9 Å². The van der Waals surface area contributed by atoms with Crippen molar-refractivity contribution in [1.29, 1.82) is 0 Å². The number of fused-ring (bicyclic) bond motifs is 1. The number of hydrogen-bond acceptors (Lipinski definition) is 6. The van der Waals surface area contributed by atoms with E-state index in [0.29, 0.717) is 51.5 Å². The van der Waals surface area contributed by atoms with Gasteiger partial charge in [0.05, 0.1) is 34.8 Å². The maximum absolute atomic E-state index is 13.8. The third-order valence-corrected chi connectivity index (χ3v) is 6.82. The van der Waals surface area contributed by atoms with Crippen molar-refractivity contribution in [2.45, 2.75) is 40.5 Å². The van der Waals surface area contributed by atoms with Crippen molar-refractivity contribution in [3.05, 3.63) is 80.0 Å². The fraction of sp³-hybridized carbons (Fsp3) is 0.281. The molecule has 1 heterocycles. The van der Waals surface area contributed by atoms with E-state index in [0.717, 1.165) is 22.4 Å². The minimum absolute atomic E-state index is 0.105. The van der Waals surface area contributed by atoms with Crippen LogP contribution in [0.25, 0.3) is 22.3 Å². The summed E-state index contributed by atoms with van der Waals surface area (Å²) in [5.74, 6) is 4.97. The minimum atomic E-state index is -0.269. The van der Waals surface area contributed by atoms with Gasteiger partial charge in [0, 0.05) is 5.56 Å². The molecule has 1 aromatic heterocycles. The third-order valence-electron chi connectivity index (χ3n) is 6.23. The van der Waals surface area contributed by atoms with Gasteiger partial charge in [-0.05, 0) is 95.7 Å². The average Bonchev–Trinajstić information content (AvgIpc) is 2.92. The van der Waals surface area contributed by atoms with Crippen molar-refractivity contribution >= 4 is 33.0 Å². The highest BCUT2D eigenvalue weighted by Gasteiger charge is 2.19. The fourth-order valence-electron chi connectivity index (χ4n) is 4.38. The number of para-hydroxylation sites is 1. The number of terminal acetylenes is 1. The van der Waals surface area contributed by atoms with Crippen molar-refractivity contribution in [3.63, 3.8) is 0 Å². The summed E-state index contributed by atoms with van der Waals surface area (Å²) in [7, 11) is 0. The topological polar surface area (TPSA) is 74.9 Å². The second kappa shape index (κ2) is 12.8. The van der Waals surface area contributed by atoms with Crippen LogP contribution in [0.2, 0.25) is 0 Å². The van der Waals surface area contributed by atoms with E-state index >= 15 is 0 Å². The lowest BCUT2D eigenvalue weighted by atomic mass is 9.96. The summed E-state index contributed by atoms with van der Waals surface area (Å²) in [4.78, 5) is 18.7. The molecule has 0 atom stereocenters. The number of ether oxygens (including phenoxy) is 3. The van der Waals surface area contributed by atoms with Crippen molar-refractivity contribution in [2.24, 2.45) is 5.10 Å². The van der Waals surface area contributed by atoms with Crippen LogP contribution in [-0.2, 0) is 0 Å². The van der Waals surface area contributed by atoms with Gasteiger partial charge in [-0.2, -0.15) is 9.78 Å². The van der Waals surface area contributed by atoms with E-state index in [1.807, 2.05) is 51.1 Å². The Morgan fingerprint density at radius 1 is 1.07 bits per heavy atom. The summed E-state index contributed by atoms with van der Waals surface area (Å²) in [6, 6.07) is 15.0. The number of aryl methyl sites for hydroxylation is 1. The molecule has 0 unspecified atom stereocenters. The van der Waals surface area contributed by atoms with E-state index < -0.39 is 0 Å². The normalized spacial score (nSPS) is 11.2. The van der Waals surface area contributed by atoms with E-state index in [1.165, 1.54) is 4.68 Å². The molecule has 0 saturated carbocycles. The predicted molar refractivity (Wildman–Crippen MR) is 164 cm³/mol. The molecule has 3 aromatic carbocycles. The molecule has 0 amide bonds. The van der Waals surface area contributed by atoms with Gasteiger partial charge in [-0.1, -0.05) is 31.9 Å². The van der Waals surface area contributed by atoms with E-state index in [4.69, 9.17) is 25.6 Å². The molecule has 0 spiro atoms. The highest BCUT2D eigenvalue weighted by Crippen LogP contribution is 2.37. The van der Waals surface area contributed by atoms with Gasteiger partial charge in [-0.3, -0.25) is 4.79 Å². The molecule has 4 rings (SSSR count). The molecule has 40 heavy (non-hydrogen) atoms. The number of halogens is 1. The number of rotatable bonds is 10. The first kappa shape index (κ1) is 28.9. The SMILES string of the molecule is C#CCOc1c(Br)cc(C=Nn2c(-c3cc(C(C)C)c(OCC)cc3C)nc3ccccc3c2=O)cc1OCC. The van der Waals surface area contributed by atoms with Crippen molar-refractivity contribution < 1.29 is 14.2 Å². The molecule has 0 saturated heterocycles. The zero-order valence-corrected chi connectivity index (χ0v) is 24.9. The second-order valence-electron chi connectivity index (χ2n) is 9.36. The average molecular weight is 603 g/mol. The molecule has 0 aliphatic carbocycles. The second-order valence-corrected chi connectivity index (χ2v) is 10.2. The van der Waals surface area contributed by atoms with Crippen molar-refractivity contribution in [2.75, 3.05) is 19.8 Å². The lowest BCUT2D eigenvalue weighted by molar-refractivity contribution is 0.298. The molecule has 206 valence electrons. The van der Waals surface area contributed by atoms with E-state index in [2.05, 4.69) is 46.9 Å². The Bertz CT molecular complexity index is 1670. The molecule has 0 fully saturated rings. The van der Waals surface area contributed by atoms with Crippen LogP contribution in [-0.4, -0.2) is 35.7 Å². The lowest BCUT2D eigenvalue weighted by Gasteiger charge is -2.18. The zero-order valence-electron chi connectivity index (χ0n) is 23.3. The van der Waals surface area contributed by atoms with E-state index in [9.17, 15) is 4.79 Å². The van der Waals surface area contributed by atoms with Crippen molar-refractivity contribution in [1.82, 2.24) is 9.66 Å². The standard InChI is InChI=1S/C32H32BrN3O4/c1-7-14-40-30-26(33)16-22(17-29(30)39-9-3)19-34-36-31(35-27-13-11-10-12-23(27)32(36)37)25-18-24(20(4)5)28(38-8-2)15-21(25)6/h1,10-13,15-20H,8-9,14H2,2-6H3. The largest absolute Gasteiger partial charge is 0.494 e. The van der Waals surface area contributed by atoms with Gasteiger partial charge < -0.3 is 14.2 Å². The first-order valence-electron chi connectivity index (χ1n) is 13.1. The molecule has 7 nitrogen and oxygen atoms in total. The van der Waals surface area contributed by atoms with Gasteiger partial charge >= 0.3 is 0 Å². The summed E-state index contributed by atoms with van der Waals surface area (Å²) in [5, 5.41) is 5.12. The first-order chi connectivity index (χ1) is 19.3. The van der Waals surface area contributed by atoms with Gasteiger partial charge in [-0.25, -0.2) is 4.98 Å². The third kappa shape index (κ3) is 6.05. The predicted octanol–water partition coefficient (Wildman–Crippen LogP) is 6.95. The first-order valence-corrected chi connectivity index (χ1v) is 13.9. The highest BCUT2D eigenvalue weighted by atomic mass is 79.9. The summed E-state index contributed by atoms with van der Waals surface area (Å²) < 4.78 is 19.4. The minimum Gasteiger partial charge on any atom is -0.494 e. The van der Waals surface area contributed by atoms with Gasteiger partial charge in [0.1, 0.15) is 12.4 Å². The molecular formula is C32H32BrN3O4. The molecular weight excluding hydrogens is 570 g/mol. The maximum atomic E-state index is 13.8. The van der Waals surface area contributed by atoms with Gasteiger partial charge in [0.2, 0.25) is 0 Å².